The smallest absolute Gasteiger partial charge is 0.113 e. The summed E-state index contributed by atoms with van der Waals surface area (Å²) in [5.74, 6) is 0.417. The van der Waals surface area contributed by atoms with Gasteiger partial charge in [-0.2, -0.15) is 5.26 Å². The quantitative estimate of drug-likeness (QED) is 0.875. The highest BCUT2D eigenvalue weighted by Gasteiger charge is 2.25. The number of nitrogens with zero attached hydrogens (tertiary/aromatic N) is 2. The minimum Gasteiger partial charge on any atom is -0.322 e. The summed E-state index contributed by atoms with van der Waals surface area (Å²) < 4.78 is 0. The van der Waals surface area contributed by atoms with Crippen molar-refractivity contribution in [3.63, 3.8) is 0 Å². The van der Waals surface area contributed by atoms with E-state index in [9.17, 15) is 0 Å². The first-order valence-electron chi connectivity index (χ1n) is 5.55. The van der Waals surface area contributed by atoms with Gasteiger partial charge in [-0.3, -0.25) is 0 Å². The van der Waals surface area contributed by atoms with Crippen LogP contribution < -0.4 is 5.73 Å². The molecule has 0 radical (unpaired) electrons. The summed E-state index contributed by atoms with van der Waals surface area (Å²) in [6, 6.07) is 2.24. The van der Waals surface area contributed by atoms with Crippen LogP contribution >= 0.6 is 11.3 Å². The van der Waals surface area contributed by atoms with Crippen molar-refractivity contribution in [2.75, 3.05) is 0 Å². The van der Waals surface area contributed by atoms with E-state index in [1.165, 1.54) is 11.3 Å². The molecular weight excluding hydrogens is 218 g/mol. The van der Waals surface area contributed by atoms with E-state index in [1.54, 1.807) is 0 Å². The fraction of sp³-hybridized carbons (Fsp3) is 0.667. The first kappa shape index (κ1) is 13.1. The van der Waals surface area contributed by atoms with Crippen molar-refractivity contribution in [3.05, 3.63) is 16.1 Å². The summed E-state index contributed by atoms with van der Waals surface area (Å²) >= 11 is 1.52. The molecular formula is C12H19N3S. The molecule has 0 amide bonds. The van der Waals surface area contributed by atoms with Crippen LogP contribution in [0.1, 0.15) is 50.9 Å². The number of nitrogens with two attached hydrogens (primary N) is 1. The fourth-order valence-electron chi connectivity index (χ4n) is 1.32. The number of nitriles is 1. The van der Waals surface area contributed by atoms with Crippen LogP contribution in [-0.2, 0) is 5.41 Å². The standard InChI is InChI=1S/C12H19N3S/c1-5-8(2)10(14)9-6-16-11(15-9)12(3,4)7-13/h6,8,10H,5,14H2,1-4H3. The van der Waals surface area contributed by atoms with Crippen molar-refractivity contribution in [1.82, 2.24) is 4.98 Å². The molecule has 2 unspecified atom stereocenters. The zero-order valence-electron chi connectivity index (χ0n) is 10.3. The maximum absolute atomic E-state index is 9.04. The third-order valence-corrected chi connectivity index (χ3v) is 4.12. The SMILES string of the molecule is CCC(C)C(N)c1csc(C(C)(C)C#N)n1. The van der Waals surface area contributed by atoms with E-state index in [4.69, 9.17) is 11.0 Å². The molecule has 0 aromatic carbocycles. The number of thiazole rings is 1. The molecule has 0 spiro atoms. The van der Waals surface area contributed by atoms with Crippen molar-refractivity contribution in [1.29, 1.82) is 5.26 Å². The zero-order valence-corrected chi connectivity index (χ0v) is 11.1. The summed E-state index contributed by atoms with van der Waals surface area (Å²) in [5.41, 5.74) is 6.51. The second-order valence-corrected chi connectivity index (χ2v) is 5.58. The molecule has 0 saturated carbocycles. The van der Waals surface area contributed by atoms with Crippen molar-refractivity contribution in [3.8, 4) is 6.07 Å². The molecule has 16 heavy (non-hydrogen) atoms. The molecule has 2 N–H and O–H groups in total. The van der Waals surface area contributed by atoms with Crippen molar-refractivity contribution in [2.24, 2.45) is 11.7 Å². The fourth-order valence-corrected chi connectivity index (χ4v) is 2.26. The van der Waals surface area contributed by atoms with E-state index in [-0.39, 0.29) is 6.04 Å². The molecule has 0 aliphatic heterocycles. The summed E-state index contributed by atoms with van der Waals surface area (Å²) in [5, 5.41) is 11.9. The Labute approximate surface area is 101 Å². The lowest BCUT2D eigenvalue weighted by atomic mass is 9.96. The van der Waals surface area contributed by atoms with Crippen LogP contribution in [0.4, 0.5) is 0 Å². The van der Waals surface area contributed by atoms with Crippen LogP contribution in [0, 0.1) is 17.2 Å². The Morgan fingerprint density at radius 3 is 2.75 bits per heavy atom. The predicted molar refractivity (Wildman–Crippen MR) is 67.1 cm³/mol. The highest BCUT2D eigenvalue weighted by molar-refractivity contribution is 7.09. The summed E-state index contributed by atoms with van der Waals surface area (Å²) in [7, 11) is 0. The van der Waals surface area contributed by atoms with Gasteiger partial charge in [0.2, 0.25) is 0 Å². The molecule has 0 aliphatic carbocycles. The van der Waals surface area contributed by atoms with Gasteiger partial charge >= 0.3 is 0 Å². The molecule has 0 fully saturated rings. The highest BCUT2D eigenvalue weighted by atomic mass is 32.1. The lowest BCUT2D eigenvalue weighted by Crippen LogP contribution is -2.20. The highest BCUT2D eigenvalue weighted by Crippen LogP contribution is 2.29. The number of aromatic nitrogens is 1. The first-order chi connectivity index (χ1) is 7.42. The van der Waals surface area contributed by atoms with Crippen molar-refractivity contribution in [2.45, 2.75) is 45.6 Å². The van der Waals surface area contributed by atoms with E-state index < -0.39 is 5.41 Å². The summed E-state index contributed by atoms with van der Waals surface area (Å²) in [6.07, 6.45) is 1.04. The number of hydrogen-bond donors (Lipinski definition) is 1. The number of rotatable bonds is 4. The minimum absolute atomic E-state index is 0.0236. The number of hydrogen-bond acceptors (Lipinski definition) is 4. The third kappa shape index (κ3) is 2.60. The van der Waals surface area contributed by atoms with Gasteiger partial charge < -0.3 is 5.73 Å². The Kier molecular flexibility index (Phi) is 4.06. The van der Waals surface area contributed by atoms with Crippen LogP contribution in [-0.4, -0.2) is 4.98 Å². The lowest BCUT2D eigenvalue weighted by Gasteiger charge is -2.16. The monoisotopic (exact) mass is 237 g/mol. The van der Waals surface area contributed by atoms with Crippen LogP contribution in [0.25, 0.3) is 0 Å². The van der Waals surface area contributed by atoms with E-state index >= 15 is 0 Å². The van der Waals surface area contributed by atoms with Gasteiger partial charge in [0.25, 0.3) is 0 Å². The maximum Gasteiger partial charge on any atom is 0.113 e. The molecule has 4 heteroatoms. The van der Waals surface area contributed by atoms with E-state index in [0.717, 1.165) is 17.1 Å². The molecule has 0 aliphatic rings. The normalized spacial score (nSPS) is 15.5. The molecule has 0 bridgehead atoms. The predicted octanol–water partition coefficient (Wildman–Crippen LogP) is 2.99. The second-order valence-electron chi connectivity index (χ2n) is 4.73. The Bertz CT molecular complexity index is 389. The largest absolute Gasteiger partial charge is 0.322 e. The molecule has 1 heterocycles. The molecule has 88 valence electrons. The molecule has 0 saturated heterocycles. The van der Waals surface area contributed by atoms with Gasteiger partial charge in [-0.1, -0.05) is 20.3 Å². The minimum atomic E-state index is -0.516. The molecule has 1 aromatic rings. The first-order valence-corrected chi connectivity index (χ1v) is 6.43. The molecule has 2 atom stereocenters. The van der Waals surface area contributed by atoms with E-state index in [2.05, 4.69) is 24.9 Å². The van der Waals surface area contributed by atoms with Crippen LogP contribution in [0.3, 0.4) is 0 Å². The van der Waals surface area contributed by atoms with E-state index in [0.29, 0.717) is 5.92 Å². The van der Waals surface area contributed by atoms with Gasteiger partial charge in [0, 0.05) is 5.38 Å². The lowest BCUT2D eigenvalue weighted by molar-refractivity contribution is 0.448. The second kappa shape index (κ2) is 4.94. The average Bonchev–Trinajstić information content (AvgIpc) is 2.76. The Balaban J connectivity index is 2.92. The average molecular weight is 237 g/mol. The molecule has 1 aromatic heterocycles. The van der Waals surface area contributed by atoms with Crippen LogP contribution in [0.5, 0.6) is 0 Å². The molecule has 1 rings (SSSR count). The van der Waals surface area contributed by atoms with Gasteiger partial charge in [-0.25, -0.2) is 4.98 Å². The van der Waals surface area contributed by atoms with Crippen LogP contribution in [0.15, 0.2) is 5.38 Å². The van der Waals surface area contributed by atoms with Crippen molar-refractivity contribution < 1.29 is 0 Å². The molecule has 3 nitrogen and oxygen atoms in total. The van der Waals surface area contributed by atoms with Crippen LogP contribution in [0.2, 0.25) is 0 Å². The maximum atomic E-state index is 9.04. The van der Waals surface area contributed by atoms with Gasteiger partial charge in [0.05, 0.1) is 17.8 Å². The van der Waals surface area contributed by atoms with Gasteiger partial charge in [0.1, 0.15) is 10.4 Å². The van der Waals surface area contributed by atoms with E-state index in [1.807, 2.05) is 19.2 Å². The van der Waals surface area contributed by atoms with Gasteiger partial charge in [-0.05, 0) is 19.8 Å². The Morgan fingerprint density at radius 2 is 2.25 bits per heavy atom. The third-order valence-electron chi connectivity index (χ3n) is 2.93. The Morgan fingerprint density at radius 1 is 1.62 bits per heavy atom. The Hall–Kier alpha value is -0.920. The topological polar surface area (TPSA) is 62.7 Å². The summed E-state index contributed by atoms with van der Waals surface area (Å²) in [4.78, 5) is 4.49. The van der Waals surface area contributed by atoms with Gasteiger partial charge in [-0.15, -0.1) is 11.3 Å². The summed E-state index contributed by atoms with van der Waals surface area (Å²) in [6.45, 7) is 8.00. The van der Waals surface area contributed by atoms with Gasteiger partial charge in [0.15, 0.2) is 0 Å². The van der Waals surface area contributed by atoms with Crippen molar-refractivity contribution >= 4 is 11.3 Å². The zero-order chi connectivity index (χ0) is 12.3.